The number of aryl methyl sites for hydroxylation is 1. The summed E-state index contributed by atoms with van der Waals surface area (Å²) in [5.74, 6) is -0.435. The van der Waals surface area contributed by atoms with Gasteiger partial charge < -0.3 is 14.4 Å². The van der Waals surface area contributed by atoms with Crippen molar-refractivity contribution in [2.75, 3.05) is 0 Å². The fraction of sp³-hybridized carbons (Fsp3) is 0.393. The SMILES string of the molecule is Cc1cccc(CN2C(=O)C(C)N(Cc3cnc4n3C(c3cccc(F)c3)C(C)(C)S4)C(=O)C2C)c1. The Kier molecular flexibility index (Phi) is 6.19. The number of hydrogen-bond acceptors (Lipinski definition) is 4. The van der Waals surface area contributed by atoms with E-state index in [0.717, 1.165) is 27.5 Å². The Morgan fingerprint density at radius 2 is 1.64 bits per heavy atom. The number of benzene rings is 2. The molecule has 3 atom stereocenters. The van der Waals surface area contributed by atoms with Gasteiger partial charge in [-0.25, -0.2) is 9.37 Å². The number of carbonyl (C=O) groups is 2. The van der Waals surface area contributed by atoms with Gasteiger partial charge in [0.15, 0.2) is 5.16 Å². The number of imidazole rings is 1. The van der Waals surface area contributed by atoms with Crippen LogP contribution >= 0.6 is 11.8 Å². The Morgan fingerprint density at radius 3 is 2.31 bits per heavy atom. The molecule has 1 saturated heterocycles. The second-order valence-electron chi connectivity index (χ2n) is 10.3. The summed E-state index contributed by atoms with van der Waals surface area (Å²) in [4.78, 5) is 34.9. The van der Waals surface area contributed by atoms with Crippen LogP contribution in [0.2, 0.25) is 0 Å². The molecule has 2 aliphatic rings. The quantitative estimate of drug-likeness (QED) is 0.491. The van der Waals surface area contributed by atoms with Gasteiger partial charge in [0.05, 0.1) is 24.5 Å². The minimum Gasteiger partial charge on any atom is -0.325 e. The van der Waals surface area contributed by atoms with Crippen molar-refractivity contribution in [2.45, 2.75) is 75.7 Å². The fourth-order valence-electron chi connectivity index (χ4n) is 5.41. The first-order chi connectivity index (χ1) is 17.1. The predicted molar refractivity (Wildman–Crippen MR) is 138 cm³/mol. The van der Waals surface area contributed by atoms with Crippen LogP contribution in [0.3, 0.4) is 0 Å². The van der Waals surface area contributed by atoms with Gasteiger partial charge in [0.1, 0.15) is 17.9 Å². The number of nitrogens with zero attached hydrogens (tertiary/aromatic N) is 4. The zero-order valence-corrected chi connectivity index (χ0v) is 22.1. The smallest absolute Gasteiger partial charge is 0.246 e. The molecule has 1 fully saturated rings. The molecule has 0 radical (unpaired) electrons. The number of fused-ring (bicyclic) bond motifs is 1. The lowest BCUT2D eigenvalue weighted by Crippen LogP contribution is -2.62. The first-order valence-corrected chi connectivity index (χ1v) is 13.1. The monoisotopic (exact) mass is 506 g/mol. The summed E-state index contributed by atoms with van der Waals surface area (Å²) in [6.45, 7) is 10.5. The third-order valence-corrected chi connectivity index (χ3v) is 8.49. The van der Waals surface area contributed by atoms with E-state index in [4.69, 9.17) is 0 Å². The van der Waals surface area contributed by atoms with Gasteiger partial charge in [-0.1, -0.05) is 53.7 Å². The molecule has 188 valence electrons. The van der Waals surface area contributed by atoms with E-state index in [0.29, 0.717) is 6.54 Å². The zero-order chi connectivity index (χ0) is 25.8. The Hall–Kier alpha value is -3.13. The van der Waals surface area contributed by atoms with Gasteiger partial charge in [0.25, 0.3) is 0 Å². The van der Waals surface area contributed by atoms with Gasteiger partial charge in [0.2, 0.25) is 11.8 Å². The average molecular weight is 507 g/mol. The number of piperazine rings is 1. The van der Waals surface area contributed by atoms with Crippen molar-refractivity contribution in [3.8, 4) is 0 Å². The lowest BCUT2D eigenvalue weighted by atomic mass is 9.94. The Balaban J connectivity index is 1.43. The highest BCUT2D eigenvalue weighted by molar-refractivity contribution is 8.00. The number of thioether (sulfide) groups is 1. The van der Waals surface area contributed by atoms with Crippen LogP contribution in [0.5, 0.6) is 0 Å². The van der Waals surface area contributed by atoms with E-state index in [9.17, 15) is 14.0 Å². The van der Waals surface area contributed by atoms with E-state index >= 15 is 0 Å². The highest BCUT2D eigenvalue weighted by Crippen LogP contribution is 2.51. The van der Waals surface area contributed by atoms with Crippen molar-refractivity contribution in [3.63, 3.8) is 0 Å². The molecule has 5 rings (SSSR count). The molecule has 2 aliphatic heterocycles. The van der Waals surface area contributed by atoms with Crippen LogP contribution < -0.4 is 0 Å². The van der Waals surface area contributed by atoms with Crippen molar-refractivity contribution in [3.05, 3.63) is 82.9 Å². The summed E-state index contributed by atoms with van der Waals surface area (Å²) in [7, 11) is 0. The molecule has 6 nitrogen and oxygen atoms in total. The minimum absolute atomic E-state index is 0.0684. The highest BCUT2D eigenvalue weighted by Gasteiger charge is 2.45. The second kappa shape index (κ2) is 9.07. The van der Waals surface area contributed by atoms with E-state index in [1.807, 2.05) is 37.3 Å². The molecule has 0 bridgehead atoms. The first-order valence-electron chi connectivity index (χ1n) is 12.2. The Labute approximate surface area is 215 Å². The maximum Gasteiger partial charge on any atom is 0.246 e. The predicted octanol–water partition coefficient (Wildman–Crippen LogP) is 4.95. The van der Waals surface area contributed by atoms with E-state index in [-0.39, 0.29) is 35.0 Å². The topological polar surface area (TPSA) is 58.4 Å². The number of carbonyl (C=O) groups excluding carboxylic acids is 2. The van der Waals surface area contributed by atoms with Gasteiger partial charge in [-0.3, -0.25) is 9.59 Å². The standard InChI is InChI=1S/C28H31FN4O2S/c1-17-8-6-9-20(12-17)15-31-18(2)26(35)32(19(3)25(31)34)16-23-14-30-27-33(23)24(28(4,5)36-27)21-10-7-11-22(29)13-21/h6-14,18-19,24H,15-16H2,1-5H3. The minimum atomic E-state index is -0.598. The van der Waals surface area contributed by atoms with Crippen LogP contribution in [0.15, 0.2) is 59.9 Å². The third kappa shape index (κ3) is 4.21. The number of hydrogen-bond donors (Lipinski definition) is 0. The molecule has 0 aliphatic carbocycles. The van der Waals surface area contributed by atoms with Crippen molar-refractivity contribution >= 4 is 23.6 Å². The number of amides is 2. The van der Waals surface area contributed by atoms with Crippen LogP contribution in [0, 0.1) is 12.7 Å². The van der Waals surface area contributed by atoms with Crippen molar-refractivity contribution in [2.24, 2.45) is 0 Å². The molecular weight excluding hydrogens is 475 g/mol. The molecule has 0 spiro atoms. The molecule has 0 N–H and O–H groups in total. The van der Waals surface area contributed by atoms with E-state index in [1.54, 1.807) is 53.7 Å². The van der Waals surface area contributed by atoms with Crippen molar-refractivity contribution in [1.82, 2.24) is 19.4 Å². The lowest BCUT2D eigenvalue weighted by molar-refractivity contribution is -0.161. The van der Waals surface area contributed by atoms with Gasteiger partial charge in [-0.15, -0.1) is 0 Å². The molecular formula is C28H31FN4O2S. The van der Waals surface area contributed by atoms with Crippen LogP contribution in [-0.2, 0) is 22.7 Å². The number of halogens is 1. The Morgan fingerprint density at radius 1 is 0.972 bits per heavy atom. The summed E-state index contributed by atoms with van der Waals surface area (Å²) < 4.78 is 16.0. The molecule has 2 aromatic carbocycles. The van der Waals surface area contributed by atoms with E-state index < -0.39 is 12.1 Å². The fourth-order valence-corrected chi connectivity index (χ4v) is 6.66. The zero-order valence-electron chi connectivity index (χ0n) is 21.2. The normalized spacial score (nSPS) is 23.3. The number of aromatic nitrogens is 2. The summed E-state index contributed by atoms with van der Waals surface area (Å²) in [6.07, 6.45) is 1.78. The lowest BCUT2D eigenvalue weighted by Gasteiger charge is -2.43. The molecule has 36 heavy (non-hydrogen) atoms. The first kappa shape index (κ1) is 24.6. The molecule has 3 aromatic rings. The summed E-state index contributed by atoms with van der Waals surface area (Å²) in [5.41, 5.74) is 3.82. The molecule has 2 amide bonds. The molecule has 3 heterocycles. The molecule has 8 heteroatoms. The van der Waals surface area contributed by atoms with Gasteiger partial charge in [-0.05, 0) is 57.9 Å². The van der Waals surface area contributed by atoms with Crippen molar-refractivity contribution in [1.29, 1.82) is 0 Å². The molecule has 3 unspecified atom stereocenters. The third-order valence-electron chi connectivity index (χ3n) is 7.26. The van der Waals surface area contributed by atoms with Crippen LogP contribution in [0.1, 0.15) is 56.1 Å². The summed E-state index contributed by atoms with van der Waals surface area (Å²) in [5, 5.41) is 0.835. The van der Waals surface area contributed by atoms with Crippen molar-refractivity contribution < 1.29 is 14.0 Å². The van der Waals surface area contributed by atoms with Crippen LogP contribution in [0.4, 0.5) is 4.39 Å². The summed E-state index contributed by atoms with van der Waals surface area (Å²) in [6, 6.07) is 13.4. The summed E-state index contributed by atoms with van der Waals surface area (Å²) >= 11 is 1.64. The van der Waals surface area contributed by atoms with Crippen LogP contribution in [0.25, 0.3) is 0 Å². The van der Waals surface area contributed by atoms with E-state index in [1.165, 1.54) is 6.07 Å². The van der Waals surface area contributed by atoms with Gasteiger partial charge >= 0.3 is 0 Å². The molecule has 0 saturated carbocycles. The average Bonchev–Trinajstić information content (AvgIpc) is 3.32. The Bertz CT molecular complexity index is 1340. The maximum atomic E-state index is 14.1. The maximum absolute atomic E-state index is 14.1. The molecule has 1 aromatic heterocycles. The van der Waals surface area contributed by atoms with Gasteiger partial charge in [0, 0.05) is 11.3 Å². The van der Waals surface area contributed by atoms with Gasteiger partial charge in [-0.2, -0.15) is 0 Å². The second-order valence-corrected chi connectivity index (χ2v) is 12.0. The number of rotatable bonds is 5. The van der Waals surface area contributed by atoms with E-state index in [2.05, 4.69) is 23.4 Å². The van der Waals surface area contributed by atoms with Crippen LogP contribution in [-0.4, -0.2) is 48.0 Å². The highest BCUT2D eigenvalue weighted by atomic mass is 32.2. The largest absolute Gasteiger partial charge is 0.325 e.